The van der Waals surface area contributed by atoms with Crippen LogP contribution in [0.2, 0.25) is 0 Å². The Morgan fingerprint density at radius 1 is 1.07 bits per heavy atom. The zero-order chi connectivity index (χ0) is 20.2. The number of aryl methyl sites for hydroxylation is 3. The number of rotatable bonds is 7. The van der Waals surface area contributed by atoms with Gasteiger partial charge in [-0.2, -0.15) is 0 Å². The summed E-state index contributed by atoms with van der Waals surface area (Å²) in [6, 6.07) is 4.29. The standard InChI is InChI=1S/C24H36O3/c1-16(2)20-7-9-24(10-8-20,15-23(26)27-6)14-21(25)13-22-18(4)11-17(3)12-19(22)5/h11-12,16,20H,7-10,13-15H2,1-6H3. The summed E-state index contributed by atoms with van der Waals surface area (Å²) in [6.07, 6.45) is 5.42. The van der Waals surface area contributed by atoms with Crippen LogP contribution in [0.4, 0.5) is 0 Å². The lowest BCUT2D eigenvalue weighted by Crippen LogP contribution is -2.34. The van der Waals surface area contributed by atoms with Crippen LogP contribution < -0.4 is 0 Å². The minimum absolute atomic E-state index is 0.187. The van der Waals surface area contributed by atoms with E-state index < -0.39 is 0 Å². The minimum atomic E-state index is -0.220. The van der Waals surface area contributed by atoms with Gasteiger partial charge in [0.25, 0.3) is 0 Å². The molecule has 1 saturated carbocycles. The summed E-state index contributed by atoms with van der Waals surface area (Å²) < 4.78 is 4.95. The number of ether oxygens (including phenoxy) is 1. The average molecular weight is 373 g/mol. The number of esters is 1. The van der Waals surface area contributed by atoms with E-state index in [2.05, 4.69) is 46.8 Å². The molecule has 0 bridgehead atoms. The third kappa shape index (κ3) is 5.67. The number of hydrogen-bond acceptors (Lipinski definition) is 3. The first-order valence-electron chi connectivity index (χ1n) is 10.3. The summed E-state index contributed by atoms with van der Waals surface area (Å²) in [4.78, 5) is 25.1. The lowest BCUT2D eigenvalue weighted by molar-refractivity contribution is -0.144. The van der Waals surface area contributed by atoms with E-state index in [0.29, 0.717) is 31.1 Å². The molecule has 3 heteroatoms. The van der Waals surface area contributed by atoms with Crippen LogP contribution in [0.5, 0.6) is 0 Å². The Hall–Kier alpha value is -1.64. The van der Waals surface area contributed by atoms with Crippen LogP contribution in [-0.2, 0) is 20.7 Å². The Kier molecular flexibility index (Phi) is 7.25. The molecule has 2 rings (SSSR count). The van der Waals surface area contributed by atoms with Crippen molar-refractivity contribution in [1.29, 1.82) is 0 Å². The van der Waals surface area contributed by atoms with E-state index >= 15 is 0 Å². The smallest absolute Gasteiger partial charge is 0.306 e. The highest BCUT2D eigenvalue weighted by molar-refractivity contribution is 5.83. The Bertz CT molecular complexity index is 656. The molecule has 0 heterocycles. The Morgan fingerprint density at radius 2 is 1.63 bits per heavy atom. The molecule has 0 aromatic heterocycles. The van der Waals surface area contributed by atoms with Gasteiger partial charge in [-0.25, -0.2) is 0 Å². The molecule has 0 aliphatic heterocycles. The van der Waals surface area contributed by atoms with Gasteiger partial charge in [0, 0.05) is 12.8 Å². The van der Waals surface area contributed by atoms with Crippen molar-refractivity contribution in [3.63, 3.8) is 0 Å². The second-order valence-corrected chi connectivity index (χ2v) is 9.10. The van der Waals surface area contributed by atoms with Gasteiger partial charge >= 0.3 is 5.97 Å². The summed E-state index contributed by atoms with van der Waals surface area (Å²) in [6.45, 7) is 10.8. The Balaban J connectivity index is 2.13. The van der Waals surface area contributed by atoms with Crippen LogP contribution in [0, 0.1) is 38.0 Å². The van der Waals surface area contributed by atoms with Gasteiger partial charge in [-0.3, -0.25) is 9.59 Å². The van der Waals surface area contributed by atoms with Crippen molar-refractivity contribution in [2.75, 3.05) is 7.11 Å². The van der Waals surface area contributed by atoms with Crippen LogP contribution in [0.25, 0.3) is 0 Å². The third-order valence-electron chi connectivity index (χ3n) is 6.57. The highest BCUT2D eigenvalue weighted by Crippen LogP contribution is 2.46. The number of benzene rings is 1. The lowest BCUT2D eigenvalue weighted by Gasteiger charge is -2.40. The van der Waals surface area contributed by atoms with Gasteiger partial charge in [0.2, 0.25) is 0 Å². The average Bonchev–Trinajstić information content (AvgIpc) is 2.58. The van der Waals surface area contributed by atoms with Crippen LogP contribution in [0.1, 0.15) is 74.6 Å². The van der Waals surface area contributed by atoms with E-state index in [1.54, 1.807) is 0 Å². The second-order valence-electron chi connectivity index (χ2n) is 9.10. The molecule has 150 valence electrons. The van der Waals surface area contributed by atoms with Gasteiger partial charge in [0.05, 0.1) is 13.5 Å². The molecule has 3 nitrogen and oxygen atoms in total. The number of Topliss-reactive ketones (excluding diaryl/α,β-unsaturated/α-hetero) is 1. The van der Waals surface area contributed by atoms with Gasteiger partial charge in [0.15, 0.2) is 0 Å². The van der Waals surface area contributed by atoms with Crippen molar-refractivity contribution in [3.05, 3.63) is 34.4 Å². The maximum Gasteiger partial charge on any atom is 0.306 e. The van der Waals surface area contributed by atoms with Crippen molar-refractivity contribution in [3.8, 4) is 0 Å². The maximum atomic E-state index is 13.0. The third-order valence-corrected chi connectivity index (χ3v) is 6.57. The van der Waals surface area contributed by atoms with E-state index in [1.807, 2.05) is 0 Å². The van der Waals surface area contributed by atoms with Crippen molar-refractivity contribution in [1.82, 2.24) is 0 Å². The number of carbonyl (C=O) groups excluding carboxylic acids is 2. The first-order chi connectivity index (χ1) is 12.7. The van der Waals surface area contributed by atoms with Gasteiger partial charge in [-0.15, -0.1) is 0 Å². The summed E-state index contributed by atoms with van der Waals surface area (Å²) >= 11 is 0. The Labute approximate surface area is 164 Å². The van der Waals surface area contributed by atoms with E-state index in [-0.39, 0.29) is 17.2 Å². The molecule has 0 unspecified atom stereocenters. The van der Waals surface area contributed by atoms with Gasteiger partial charge in [-0.1, -0.05) is 31.5 Å². The molecule has 1 aliphatic rings. The molecular formula is C24H36O3. The maximum absolute atomic E-state index is 13.0. The van der Waals surface area contributed by atoms with Crippen molar-refractivity contribution < 1.29 is 14.3 Å². The molecule has 0 amide bonds. The molecule has 1 aromatic carbocycles. The van der Waals surface area contributed by atoms with Gasteiger partial charge < -0.3 is 4.74 Å². The van der Waals surface area contributed by atoms with Crippen LogP contribution in [-0.4, -0.2) is 18.9 Å². The normalized spacial score (nSPS) is 22.7. The molecular weight excluding hydrogens is 336 g/mol. The molecule has 27 heavy (non-hydrogen) atoms. The number of ketones is 1. The van der Waals surface area contributed by atoms with E-state index in [1.165, 1.54) is 23.8 Å². The predicted molar refractivity (Wildman–Crippen MR) is 110 cm³/mol. The fourth-order valence-electron chi connectivity index (χ4n) is 4.88. The number of methoxy groups -OCH3 is 1. The summed E-state index contributed by atoms with van der Waals surface area (Å²) in [5.41, 5.74) is 4.53. The quantitative estimate of drug-likeness (QED) is 0.593. The Morgan fingerprint density at radius 3 is 2.11 bits per heavy atom. The fourth-order valence-corrected chi connectivity index (χ4v) is 4.88. The largest absolute Gasteiger partial charge is 0.469 e. The highest BCUT2D eigenvalue weighted by atomic mass is 16.5. The van der Waals surface area contributed by atoms with Gasteiger partial charge in [0.1, 0.15) is 5.78 Å². The SMILES string of the molecule is COC(=O)CC1(CC(=O)Cc2c(C)cc(C)cc2C)CCC(C(C)C)CC1. The highest BCUT2D eigenvalue weighted by Gasteiger charge is 2.39. The molecule has 0 N–H and O–H groups in total. The molecule has 1 aromatic rings. The minimum Gasteiger partial charge on any atom is -0.469 e. The van der Waals surface area contributed by atoms with Crippen LogP contribution in [0.15, 0.2) is 12.1 Å². The number of carbonyl (C=O) groups is 2. The molecule has 1 aliphatic carbocycles. The van der Waals surface area contributed by atoms with Crippen molar-refractivity contribution in [2.24, 2.45) is 17.3 Å². The topological polar surface area (TPSA) is 43.4 Å². The predicted octanol–water partition coefficient (Wildman–Crippen LogP) is 5.51. The molecule has 0 spiro atoms. The lowest BCUT2D eigenvalue weighted by atomic mass is 9.64. The molecule has 0 saturated heterocycles. The molecule has 0 radical (unpaired) electrons. The van der Waals surface area contributed by atoms with Crippen LogP contribution in [0.3, 0.4) is 0 Å². The zero-order valence-electron chi connectivity index (χ0n) is 18.0. The fraction of sp³-hybridized carbons (Fsp3) is 0.667. The summed E-state index contributed by atoms with van der Waals surface area (Å²) in [5.74, 6) is 1.42. The van der Waals surface area contributed by atoms with Crippen molar-refractivity contribution >= 4 is 11.8 Å². The van der Waals surface area contributed by atoms with E-state index in [0.717, 1.165) is 31.2 Å². The van der Waals surface area contributed by atoms with E-state index in [4.69, 9.17) is 4.74 Å². The first kappa shape index (κ1) is 21.7. The van der Waals surface area contributed by atoms with Crippen molar-refractivity contribution in [2.45, 2.75) is 79.6 Å². The van der Waals surface area contributed by atoms with Crippen LogP contribution >= 0.6 is 0 Å². The summed E-state index contributed by atoms with van der Waals surface area (Å²) in [7, 11) is 1.44. The monoisotopic (exact) mass is 372 g/mol. The second kappa shape index (κ2) is 9.03. The first-order valence-corrected chi connectivity index (χ1v) is 10.3. The van der Waals surface area contributed by atoms with E-state index in [9.17, 15) is 9.59 Å². The summed E-state index contributed by atoms with van der Waals surface area (Å²) in [5, 5.41) is 0. The van der Waals surface area contributed by atoms with Gasteiger partial charge in [-0.05, 0) is 80.4 Å². The molecule has 0 atom stereocenters. The number of hydrogen-bond donors (Lipinski definition) is 0. The molecule has 1 fully saturated rings. The zero-order valence-corrected chi connectivity index (χ0v) is 18.0.